The third-order valence-electron chi connectivity index (χ3n) is 4.93. The van der Waals surface area contributed by atoms with Gasteiger partial charge in [0.05, 0.1) is 16.1 Å². The number of carbonyl (C=O) groups is 1. The van der Waals surface area contributed by atoms with E-state index in [9.17, 15) is 14.9 Å². The Hall–Kier alpha value is -3.67. The van der Waals surface area contributed by atoms with Crippen molar-refractivity contribution >= 4 is 17.3 Å². The second-order valence-corrected chi connectivity index (χ2v) is 6.64. The van der Waals surface area contributed by atoms with Gasteiger partial charge in [0.1, 0.15) is 6.17 Å². The molecule has 0 spiro atoms. The summed E-state index contributed by atoms with van der Waals surface area (Å²) in [6.07, 6.45) is 0.0563. The van der Waals surface area contributed by atoms with E-state index in [0.29, 0.717) is 29.8 Å². The summed E-state index contributed by atoms with van der Waals surface area (Å²) in [4.78, 5) is 26.0. The number of fused-ring (bicyclic) bond motifs is 1. The SMILES string of the molecule is O=C1c2ccccc2N[C@H](c2ccccc2[N+](=O)[O-])N1CCc1ccccc1. The van der Waals surface area contributed by atoms with Crippen molar-refractivity contribution in [2.24, 2.45) is 0 Å². The zero-order valence-corrected chi connectivity index (χ0v) is 15.1. The minimum atomic E-state index is -0.604. The highest BCUT2D eigenvalue weighted by atomic mass is 16.6. The first kappa shape index (κ1) is 17.7. The quantitative estimate of drug-likeness (QED) is 0.531. The molecule has 6 nitrogen and oxygen atoms in total. The maximum Gasteiger partial charge on any atom is 0.276 e. The summed E-state index contributed by atoms with van der Waals surface area (Å²) in [6, 6.07) is 23.7. The Morgan fingerprint density at radius 1 is 0.929 bits per heavy atom. The zero-order valence-electron chi connectivity index (χ0n) is 15.1. The number of amides is 1. The average Bonchev–Trinajstić information content (AvgIpc) is 2.73. The van der Waals surface area contributed by atoms with Crippen LogP contribution in [0.3, 0.4) is 0 Å². The number of hydrogen-bond acceptors (Lipinski definition) is 4. The molecule has 1 aliphatic rings. The largest absolute Gasteiger partial charge is 0.361 e. The summed E-state index contributed by atoms with van der Waals surface area (Å²) in [6.45, 7) is 0.445. The molecule has 1 N–H and O–H groups in total. The topological polar surface area (TPSA) is 75.5 Å². The number of nitrogens with one attached hydrogen (secondary N) is 1. The van der Waals surface area contributed by atoms with Crippen LogP contribution in [0.25, 0.3) is 0 Å². The van der Waals surface area contributed by atoms with Crippen LogP contribution in [0, 0.1) is 10.1 Å². The predicted molar refractivity (Wildman–Crippen MR) is 107 cm³/mol. The Morgan fingerprint density at radius 2 is 1.61 bits per heavy atom. The Morgan fingerprint density at radius 3 is 2.39 bits per heavy atom. The molecule has 0 aromatic heterocycles. The summed E-state index contributed by atoms with van der Waals surface area (Å²) < 4.78 is 0. The van der Waals surface area contributed by atoms with E-state index in [4.69, 9.17) is 0 Å². The second-order valence-electron chi connectivity index (χ2n) is 6.64. The van der Waals surface area contributed by atoms with E-state index in [-0.39, 0.29) is 11.6 Å². The number of anilines is 1. The van der Waals surface area contributed by atoms with E-state index in [1.165, 1.54) is 6.07 Å². The van der Waals surface area contributed by atoms with E-state index in [2.05, 4.69) is 5.32 Å². The first-order chi connectivity index (χ1) is 13.6. The molecule has 140 valence electrons. The van der Waals surface area contributed by atoms with Gasteiger partial charge in [-0.1, -0.05) is 54.6 Å². The van der Waals surface area contributed by atoms with Gasteiger partial charge >= 0.3 is 0 Å². The van der Waals surface area contributed by atoms with Crippen molar-refractivity contribution in [1.29, 1.82) is 0 Å². The lowest BCUT2D eigenvalue weighted by molar-refractivity contribution is -0.385. The van der Waals surface area contributed by atoms with E-state index in [1.54, 1.807) is 29.2 Å². The fourth-order valence-corrected chi connectivity index (χ4v) is 3.55. The van der Waals surface area contributed by atoms with Gasteiger partial charge in [-0.05, 0) is 30.2 Å². The molecule has 0 fully saturated rings. The lowest BCUT2D eigenvalue weighted by Crippen LogP contribution is -2.44. The van der Waals surface area contributed by atoms with E-state index in [1.807, 2.05) is 48.5 Å². The fraction of sp³-hybridized carbons (Fsp3) is 0.136. The van der Waals surface area contributed by atoms with Gasteiger partial charge in [0.15, 0.2) is 0 Å². The van der Waals surface area contributed by atoms with Crippen molar-refractivity contribution in [3.05, 3.63) is 106 Å². The molecule has 0 unspecified atom stereocenters. The lowest BCUT2D eigenvalue weighted by atomic mass is 10.0. The minimum Gasteiger partial charge on any atom is -0.361 e. The maximum atomic E-state index is 13.2. The zero-order chi connectivity index (χ0) is 19.5. The van der Waals surface area contributed by atoms with E-state index >= 15 is 0 Å². The maximum absolute atomic E-state index is 13.2. The summed E-state index contributed by atoms with van der Waals surface area (Å²) >= 11 is 0. The standard InChI is InChI=1S/C22H19N3O3/c26-22-17-10-4-6-12-19(17)23-21(18-11-5-7-13-20(18)25(27)28)24(22)15-14-16-8-2-1-3-9-16/h1-13,21,23H,14-15H2/t21-/m0/s1. The molecule has 28 heavy (non-hydrogen) atoms. The molecule has 1 heterocycles. The summed E-state index contributed by atoms with van der Waals surface area (Å²) in [5.41, 5.74) is 2.84. The monoisotopic (exact) mass is 373 g/mol. The molecular weight excluding hydrogens is 354 g/mol. The summed E-state index contributed by atoms with van der Waals surface area (Å²) in [5, 5.41) is 14.9. The number of nitro benzene ring substituents is 1. The third-order valence-corrected chi connectivity index (χ3v) is 4.93. The molecule has 0 saturated carbocycles. The highest BCUT2D eigenvalue weighted by molar-refractivity contribution is 6.01. The van der Waals surface area contributed by atoms with Gasteiger partial charge in [0.25, 0.3) is 11.6 Å². The third kappa shape index (κ3) is 3.32. The van der Waals surface area contributed by atoms with Crippen LogP contribution in [-0.2, 0) is 6.42 Å². The number of hydrogen-bond donors (Lipinski definition) is 1. The second kappa shape index (κ2) is 7.52. The van der Waals surface area contributed by atoms with E-state index < -0.39 is 11.1 Å². The van der Waals surface area contributed by atoms with Crippen LogP contribution in [0.1, 0.15) is 27.7 Å². The molecule has 4 rings (SSSR count). The van der Waals surface area contributed by atoms with Gasteiger partial charge in [0, 0.05) is 18.3 Å². The van der Waals surface area contributed by atoms with Crippen LogP contribution >= 0.6 is 0 Å². The van der Waals surface area contributed by atoms with Crippen molar-refractivity contribution in [2.75, 3.05) is 11.9 Å². The summed E-state index contributed by atoms with van der Waals surface area (Å²) in [7, 11) is 0. The van der Waals surface area contributed by atoms with Gasteiger partial charge in [-0.2, -0.15) is 0 Å². The molecule has 1 atom stereocenters. The number of para-hydroxylation sites is 2. The number of carbonyl (C=O) groups excluding carboxylic acids is 1. The van der Waals surface area contributed by atoms with Crippen molar-refractivity contribution in [3.63, 3.8) is 0 Å². The van der Waals surface area contributed by atoms with Gasteiger partial charge < -0.3 is 10.2 Å². The van der Waals surface area contributed by atoms with Crippen LogP contribution in [0.5, 0.6) is 0 Å². The number of nitrogens with zero attached hydrogens (tertiary/aromatic N) is 2. The van der Waals surface area contributed by atoms with Crippen LogP contribution < -0.4 is 5.32 Å². The highest BCUT2D eigenvalue weighted by Crippen LogP contribution is 2.36. The van der Waals surface area contributed by atoms with Crippen molar-refractivity contribution in [1.82, 2.24) is 4.90 Å². The fourth-order valence-electron chi connectivity index (χ4n) is 3.55. The van der Waals surface area contributed by atoms with Gasteiger partial charge in [0.2, 0.25) is 0 Å². The Kier molecular flexibility index (Phi) is 4.76. The molecule has 3 aromatic rings. The molecule has 0 saturated heterocycles. The molecule has 3 aromatic carbocycles. The smallest absolute Gasteiger partial charge is 0.276 e. The first-order valence-corrected chi connectivity index (χ1v) is 9.09. The molecular formula is C22H19N3O3. The highest BCUT2D eigenvalue weighted by Gasteiger charge is 2.35. The predicted octanol–water partition coefficient (Wildman–Crippen LogP) is 4.40. The van der Waals surface area contributed by atoms with Crippen molar-refractivity contribution < 1.29 is 9.72 Å². The number of rotatable bonds is 5. The van der Waals surface area contributed by atoms with Crippen LogP contribution in [-0.4, -0.2) is 22.3 Å². The Balaban J connectivity index is 1.73. The lowest BCUT2D eigenvalue weighted by Gasteiger charge is -2.38. The van der Waals surface area contributed by atoms with Gasteiger partial charge in [-0.15, -0.1) is 0 Å². The Bertz CT molecular complexity index is 1020. The first-order valence-electron chi connectivity index (χ1n) is 9.09. The minimum absolute atomic E-state index is 0.00288. The van der Waals surface area contributed by atoms with Crippen molar-refractivity contribution in [3.8, 4) is 0 Å². The average molecular weight is 373 g/mol. The molecule has 1 amide bonds. The molecule has 6 heteroatoms. The van der Waals surface area contributed by atoms with Crippen LogP contribution in [0.2, 0.25) is 0 Å². The molecule has 0 bridgehead atoms. The molecule has 1 aliphatic heterocycles. The number of benzene rings is 3. The van der Waals surface area contributed by atoms with Gasteiger partial charge in [-0.25, -0.2) is 0 Å². The van der Waals surface area contributed by atoms with E-state index in [0.717, 1.165) is 5.56 Å². The van der Waals surface area contributed by atoms with Crippen LogP contribution in [0.15, 0.2) is 78.9 Å². The summed E-state index contributed by atoms with van der Waals surface area (Å²) in [5.74, 6) is -0.131. The molecule has 0 radical (unpaired) electrons. The Labute approximate surface area is 162 Å². The van der Waals surface area contributed by atoms with Gasteiger partial charge in [-0.3, -0.25) is 14.9 Å². The van der Waals surface area contributed by atoms with Crippen molar-refractivity contribution in [2.45, 2.75) is 12.6 Å². The normalized spacial score (nSPS) is 15.6. The number of nitro groups is 1. The van der Waals surface area contributed by atoms with Crippen LogP contribution in [0.4, 0.5) is 11.4 Å². The molecule has 0 aliphatic carbocycles.